The summed E-state index contributed by atoms with van der Waals surface area (Å²) in [5, 5.41) is 3.06. The highest BCUT2D eigenvalue weighted by molar-refractivity contribution is 5.41. The van der Waals surface area contributed by atoms with Gasteiger partial charge >= 0.3 is 0 Å². The smallest absolute Gasteiger partial charge is 0.131 e. The van der Waals surface area contributed by atoms with E-state index in [4.69, 9.17) is 4.74 Å². The van der Waals surface area contributed by atoms with Crippen LogP contribution in [0.25, 0.3) is 0 Å². The van der Waals surface area contributed by atoms with Crippen LogP contribution in [0, 0.1) is 18.6 Å². The van der Waals surface area contributed by atoms with Crippen LogP contribution in [-0.4, -0.2) is 14.2 Å². The van der Waals surface area contributed by atoms with Crippen LogP contribution in [0.2, 0.25) is 0 Å². The Hall–Kier alpha value is -1.94. The van der Waals surface area contributed by atoms with E-state index in [0.717, 1.165) is 22.9 Å². The van der Waals surface area contributed by atoms with Gasteiger partial charge in [-0.3, -0.25) is 0 Å². The number of hydrogen-bond acceptors (Lipinski definition) is 2. The molecule has 2 nitrogen and oxygen atoms in total. The van der Waals surface area contributed by atoms with Gasteiger partial charge in [0.2, 0.25) is 0 Å². The van der Waals surface area contributed by atoms with Crippen LogP contribution in [0.5, 0.6) is 5.75 Å². The zero-order valence-electron chi connectivity index (χ0n) is 11.7. The summed E-state index contributed by atoms with van der Waals surface area (Å²) in [4.78, 5) is 0. The number of nitrogens with one attached hydrogen (secondary N) is 1. The predicted octanol–water partition coefficient (Wildman–Crippen LogP) is 3.59. The molecule has 1 atom stereocenters. The van der Waals surface area contributed by atoms with Crippen LogP contribution in [0.3, 0.4) is 0 Å². The molecule has 0 saturated carbocycles. The molecule has 0 aliphatic rings. The van der Waals surface area contributed by atoms with E-state index in [0.29, 0.717) is 5.56 Å². The lowest BCUT2D eigenvalue weighted by molar-refractivity contribution is 0.411. The van der Waals surface area contributed by atoms with Crippen molar-refractivity contribution in [2.24, 2.45) is 0 Å². The maximum atomic E-state index is 13.9. The third-order valence-electron chi connectivity index (χ3n) is 3.31. The van der Waals surface area contributed by atoms with E-state index >= 15 is 0 Å². The molecule has 0 aliphatic heterocycles. The molecule has 0 amide bonds. The molecule has 4 heteroatoms. The molecule has 1 unspecified atom stereocenters. The molecule has 20 heavy (non-hydrogen) atoms. The lowest BCUT2D eigenvalue weighted by Gasteiger charge is -2.19. The van der Waals surface area contributed by atoms with Crippen molar-refractivity contribution in [1.29, 1.82) is 0 Å². The molecule has 0 aliphatic carbocycles. The molecular formula is C16H17F2NO. The highest BCUT2D eigenvalue weighted by Gasteiger charge is 2.17. The molecular weight excluding hydrogens is 260 g/mol. The number of benzene rings is 2. The Balaban J connectivity index is 2.44. The van der Waals surface area contributed by atoms with E-state index in [1.165, 1.54) is 12.1 Å². The number of aryl methyl sites for hydroxylation is 1. The van der Waals surface area contributed by atoms with Gasteiger partial charge in [-0.05, 0) is 37.2 Å². The minimum atomic E-state index is -0.577. The van der Waals surface area contributed by atoms with Crippen molar-refractivity contribution in [2.75, 3.05) is 14.2 Å². The maximum absolute atomic E-state index is 13.9. The quantitative estimate of drug-likeness (QED) is 0.922. The van der Waals surface area contributed by atoms with E-state index in [9.17, 15) is 8.78 Å². The van der Waals surface area contributed by atoms with Crippen molar-refractivity contribution < 1.29 is 13.5 Å². The van der Waals surface area contributed by atoms with Gasteiger partial charge in [-0.1, -0.05) is 18.2 Å². The molecule has 1 N–H and O–H groups in total. The average molecular weight is 277 g/mol. The van der Waals surface area contributed by atoms with E-state index in [2.05, 4.69) is 5.32 Å². The first-order chi connectivity index (χ1) is 9.56. The Bertz CT molecular complexity index is 613. The second kappa shape index (κ2) is 6.01. The van der Waals surface area contributed by atoms with Gasteiger partial charge < -0.3 is 10.1 Å². The topological polar surface area (TPSA) is 21.3 Å². The van der Waals surface area contributed by atoms with E-state index in [1.807, 2.05) is 25.1 Å². The monoisotopic (exact) mass is 277 g/mol. The molecule has 0 saturated heterocycles. The number of halogens is 2. The van der Waals surface area contributed by atoms with Gasteiger partial charge in [0.05, 0.1) is 13.2 Å². The minimum absolute atomic E-state index is 0.333. The fourth-order valence-corrected chi connectivity index (χ4v) is 2.32. The third-order valence-corrected chi connectivity index (χ3v) is 3.31. The van der Waals surface area contributed by atoms with Crippen LogP contribution in [0.15, 0.2) is 36.4 Å². The van der Waals surface area contributed by atoms with Gasteiger partial charge in [-0.15, -0.1) is 0 Å². The Morgan fingerprint density at radius 1 is 1.10 bits per heavy atom. The molecule has 0 aromatic heterocycles. The summed E-state index contributed by atoms with van der Waals surface area (Å²) in [7, 11) is 3.35. The first-order valence-electron chi connectivity index (χ1n) is 6.33. The second-order valence-corrected chi connectivity index (χ2v) is 4.62. The number of ether oxygens (including phenoxy) is 1. The maximum Gasteiger partial charge on any atom is 0.131 e. The summed E-state index contributed by atoms with van der Waals surface area (Å²) < 4.78 is 32.1. The van der Waals surface area contributed by atoms with Crippen molar-refractivity contribution in [1.82, 2.24) is 5.32 Å². The molecule has 2 aromatic rings. The predicted molar refractivity (Wildman–Crippen MR) is 75.0 cm³/mol. The summed E-state index contributed by atoms with van der Waals surface area (Å²) in [6.07, 6.45) is 0. The summed E-state index contributed by atoms with van der Waals surface area (Å²) in [5.74, 6) is -0.354. The number of hydrogen-bond donors (Lipinski definition) is 1. The van der Waals surface area contributed by atoms with Gasteiger partial charge in [0.15, 0.2) is 0 Å². The van der Waals surface area contributed by atoms with Crippen molar-refractivity contribution in [3.8, 4) is 5.75 Å². The first-order valence-corrected chi connectivity index (χ1v) is 6.33. The molecule has 106 valence electrons. The largest absolute Gasteiger partial charge is 0.496 e. The van der Waals surface area contributed by atoms with Crippen molar-refractivity contribution in [2.45, 2.75) is 13.0 Å². The normalized spacial score (nSPS) is 12.2. The molecule has 0 radical (unpaired) electrons. The van der Waals surface area contributed by atoms with Crippen LogP contribution < -0.4 is 10.1 Å². The molecule has 0 spiro atoms. The standard InChI is InChI=1S/C16H17F2NO/c1-10-8-11(4-7-15(10)20-3)16(19-2)13-6-5-12(17)9-14(13)18/h4-9,16,19H,1-3H3. The highest BCUT2D eigenvalue weighted by atomic mass is 19.1. The molecule has 2 rings (SSSR count). The van der Waals surface area contributed by atoms with Gasteiger partial charge in [0.1, 0.15) is 17.4 Å². The zero-order chi connectivity index (χ0) is 14.7. The SMILES string of the molecule is CNC(c1ccc(OC)c(C)c1)c1ccc(F)cc1F. The van der Waals surface area contributed by atoms with Crippen molar-refractivity contribution >= 4 is 0 Å². The number of methoxy groups -OCH3 is 1. The first kappa shape index (κ1) is 14.5. The van der Waals surface area contributed by atoms with Gasteiger partial charge in [-0.25, -0.2) is 8.78 Å². The minimum Gasteiger partial charge on any atom is -0.496 e. The van der Waals surface area contributed by atoms with Crippen LogP contribution >= 0.6 is 0 Å². The van der Waals surface area contributed by atoms with Gasteiger partial charge in [0, 0.05) is 11.6 Å². The lowest BCUT2D eigenvalue weighted by Crippen LogP contribution is -2.19. The van der Waals surface area contributed by atoms with Gasteiger partial charge in [-0.2, -0.15) is 0 Å². The van der Waals surface area contributed by atoms with Crippen LogP contribution in [-0.2, 0) is 0 Å². The molecule has 0 heterocycles. The van der Waals surface area contributed by atoms with Crippen LogP contribution in [0.1, 0.15) is 22.7 Å². The van der Waals surface area contributed by atoms with Gasteiger partial charge in [0.25, 0.3) is 0 Å². The second-order valence-electron chi connectivity index (χ2n) is 4.62. The Labute approximate surface area is 117 Å². The lowest BCUT2D eigenvalue weighted by atomic mass is 9.96. The van der Waals surface area contributed by atoms with E-state index in [1.54, 1.807) is 14.2 Å². The highest BCUT2D eigenvalue weighted by Crippen LogP contribution is 2.28. The summed E-state index contributed by atoms with van der Waals surface area (Å²) in [6.45, 7) is 1.93. The molecule has 2 aromatic carbocycles. The average Bonchev–Trinajstić information content (AvgIpc) is 2.42. The fraction of sp³-hybridized carbons (Fsp3) is 0.250. The molecule has 0 fully saturated rings. The fourth-order valence-electron chi connectivity index (χ4n) is 2.32. The Kier molecular flexibility index (Phi) is 4.35. The van der Waals surface area contributed by atoms with Crippen molar-refractivity contribution in [3.63, 3.8) is 0 Å². The summed E-state index contributed by atoms with van der Waals surface area (Å²) in [6, 6.07) is 8.94. The van der Waals surface area contributed by atoms with E-state index in [-0.39, 0.29) is 6.04 Å². The summed E-state index contributed by atoms with van der Waals surface area (Å²) in [5.41, 5.74) is 2.28. The number of rotatable bonds is 4. The zero-order valence-corrected chi connectivity index (χ0v) is 11.7. The van der Waals surface area contributed by atoms with E-state index < -0.39 is 11.6 Å². The van der Waals surface area contributed by atoms with Crippen LogP contribution in [0.4, 0.5) is 8.78 Å². The third kappa shape index (κ3) is 2.80. The Morgan fingerprint density at radius 2 is 1.85 bits per heavy atom. The Morgan fingerprint density at radius 3 is 2.40 bits per heavy atom. The summed E-state index contributed by atoms with van der Waals surface area (Å²) >= 11 is 0. The van der Waals surface area contributed by atoms with Crippen molar-refractivity contribution in [3.05, 3.63) is 64.7 Å². The molecule has 0 bridgehead atoms.